The third-order valence-electron chi connectivity index (χ3n) is 6.66. The number of carbonyl (C=O) groups is 4. The van der Waals surface area contributed by atoms with Crippen LogP contribution in [0.2, 0.25) is 0 Å². The Morgan fingerprint density at radius 2 is 1.59 bits per heavy atom. The third kappa shape index (κ3) is 9.47. The molecule has 41 heavy (non-hydrogen) atoms. The average Bonchev–Trinajstić information content (AvgIpc) is 2.87. The van der Waals surface area contributed by atoms with Gasteiger partial charge in [-0.3, -0.25) is 19.4 Å². The van der Waals surface area contributed by atoms with E-state index in [0.717, 1.165) is 5.56 Å². The number of phenolic OH excluding ortho intramolecular Hbond substituents is 1. The molecule has 1 aromatic heterocycles. The van der Waals surface area contributed by atoms with Crippen LogP contribution in [0.25, 0.3) is 0 Å². The number of aryl methyl sites for hydroxylation is 1. The largest absolute Gasteiger partial charge is 0.508 e. The van der Waals surface area contributed by atoms with E-state index >= 15 is 0 Å². The molecule has 0 bridgehead atoms. The van der Waals surface area contributed by atoms with Gasteiger partial charge in [-0.2, -0.15) is 0 Å². The molecule has 0 spiro atoms. The molecule has 3 atom stereocenters. The highest BCUT2D eigenvalue weighted by Crippen LogP contribution is 2.21. The number of likely N-dealkylation sites (N-methyl/N-ethyl adjacent to an activating group) is 2. The summed E-state index contributed by atoms with van der Waals surface area (Å²) in [5.41, 5.74) is 7.03. The molecular weight excluding hydrogens is 526 g/mol. The van der Waals surface area contributed by atoms with Gasteiger partial charge in [0.15, 0.2) is 0 Å². The lowest BCUT2D eigenvalue weighted by atomic mass is 9.97. The Kier molecular flexibility index (Phi) is 11.3. The number of nitrogens with one attached hydrogen (secondary N) is 1. The first kappa shape index (κ1) is 33.1. The van der Waals surface area contributed by atoms with Gasteiger partial charge in [0.2, 0.25) is 17.7 Å². The lowest BCUT2D eigenvalue weighted by Gasteiger charge is -2.37. The maximum absolute atomic E-state index is 13.8. The Morgan fingerprint density at radius 3 is 2.10 bits per heavy atom. The molecule has 1 unspecified atom stereocenters. The zero-order valence-electron chi connectivity index (χ0n) is 25.2. The summed E-state index contributed by atoms with van der Waals surface area (Å²) in [4.78, 5) is 59.4. The second-order valence-electron chi connectivity index (χ2n) is 11.6. The molecule has 0 aliphatic carbocycles. The summed E-state index contributed by atoms with van der Waals surface area (Å²) < 4.78 is 5.38. The van der Waals surface area contributed by atoms with Crippen LogP contribution < -0.4 is 11.1 Å². The van der Waals surface area contributed by atoms with E-state index < -0.39 is 47.5 Å². The molecule has 0 saturated heterocycles. The number of alkyl carbamates (subject to hydrolysis) is 1. The highest BCUT2D eigenvalue weighted by Gasteiger charge is 2.38. The molecule has 1 aromatic carbocycles. The van der Waals surface area contributed by atoms with Gasteiger partial charge in [0.25, 0.3) is 0 Å². The van der Waals surface area contributed by atoms with Crippen LogP contribution in [0, 0.1) is 12.8 Å². The van der Waals surface area contributed by atoms with Gasteiger partial charge in [-0.05, 0) is 68.5 Å². The van der Waals surface area contributed by atoms with Crippen LogP contribution in [-0.2, 0) is 32.0 Å². The lowest BCUT2D eigenvalue weighted by Crippen LogP contribution is -2.59. The molecule has 0 aliphatic rings. The Labute approximate surface area is 242 Å². The molecule has 11 nitrogen and oxygen atoms in total. The summed E-state index contributed by atoms with van der Waals surface area (Å²) in [6.45, 7) is 10.5. The predicted molar refractivity (Wildman–Crippen MR) is 155 cm³/mol. The number of amides is 4. The van der Waals surface area contributed by atoms with E-state index in [1.54, 1.807) is 78.2 Å². The number of nitrogens with two attached hydrogens (primary N) is 1. The maximum Gasteiger partial charge on any atom is 0.408 e. The number of phenols is 1. The topological polar surface area (TPSA) is 155 Å². The van der Waals surface area contributed by atoms with Crippen LogP contribution in [0.15, 0.2) is 42.7 Å². The summed E-state index contributed by atoms with van der Waals surface area (Å²) in [6, 6.07) is 5.39. The zero-order chi connectivity index (χ0) is 31.1. The molecule has 2 rings (SSSR count). The van der Waals surface area contributed by atoms with Crippen molar-refractivity contribution in [3.63, 3.8) is 0 Å². The first-order valence-corrected chi connectivity index (χ1v) is 13.5. The van der Waals surface area contributed by atoms with Crippen molar-refractivity contribution in [1.82, 2.24) is 20.1 Å². The van der Waals surface area contributed by atoms with E-state index in [0.29, 0.717) is 11.1 Å². The number of aromatic hydroxyl groups is 1. The van der Waals surface area contributed by atoms with Gasteiger partial charge >= 0.3 is 6.09 Å². The van der Waals surface area contributed by atoms with E-state index in [1.807, 2.05) is 0 Å². The monoisotopic (exact) mass is 569 g/mol. The van der Waals surface area contributed by atoms with Crippen molar-refractivity contribution in [3.8, 4) is 5.75 Å². The van der Waals surface area contributed by atoms with Gasteiger partial charge in [-0.25, -0.2) is 4.79 Å². The minimum Gasteiger partial charge on any atom is -0.508 e. The minimum absolute atomic E-state index is 0.120. The number of carbonyl (C=O) groups excluding carboxylic acids is 4. The van der Waals surface area contributed by atoms with Gasteiger partial charge in [0.05, 0.1) is 0 Å². The Hall–Kier alpha value is -4.15. The number of rotatable bonds is 11. The summed E-state index contributed by atoms with van der Waals surface area (Å²) >= 11 is 0. The smallest absolute Gasteiger partial charge is 0.408 e. The van der Waals surface area contributed by atoms with Gasteiger partial charge in [-0.1, -0.05) is 26.0 Å². The van der Waals surface area contributed by atoms with Gasteiger partial charge < -0.3 is 30.7 Å². The molecule has 0 aliphatic heterocycles. The fourth-order valence-electron chi connectivity index (χ4n) is 4.54. The van der Waals surface area contributed by atoms with Crippen LogP contribution in [0.3, 0.4) is 0 Å². The highest BCUT2D eigenvalue weighted by molar-refractivity contribution is 5.93. The van der Waals surface area contributed by atoms with Gasteiger partial charge in [0, 0.05) is 39.3 Å². The maximum atomic E-state index is 13.8. The van der Waals surface area contributed by atoms with Crippen molar-refractivity contribution in [3.05, 3.63) is 59.4 Å². The number of benzene rings is 1. The molecule has 0 saturated carbocycles. The summed E-state index contributed by atoms with van der Waals surface area (Å²) in [5.74, 6) is -1.90. The van der Waals surface area contributed by atoms with Gasteiger partial charge in [-0.15, -0.1) is 0 Å². The standard InChI is InChI=1S/C30H43N5O6/c1-18(2)25(28(39)34(7)23(26(31)37)17-21-9-10-24(36)19(3)15-21)35(8)27(38)22(16-20-11-13-32-14-12-20)33-29(40)41-30(4,5)6/h9-15,18,22-23,25,36H,16-17H2,1-8H3,(H2,31,37)(H,33,40)/t22?,23-,25-/m0/s1. The van der Waals surface area contributed by atoms with Gasteiger partial charge in [0.1, 0.15) is 29.5 Å². The third-order valence-corrected chi connectivity index (χ3v) is 6.66. The molecular formula is C30H43N5O6. The molecule has 2 aromatic rings. The SMILES string of the molecule is Cc1cc(C[C@@H](C(N)=O)N(C)C(=O)[C@H](C(C)C)N(C)C(=O)C(Cc2ccncc2)NC(=O)OC(C)(C)C)ccc1O. The average molecular weight is 570 g/mol. The van der Waals surface area contributed by atoms with Crippen molar-refractivity contribution in [2.75, 3.05) is 14.1 Å². The summed E-state index contributed by atoms with van der Waals surface area (Å²) in [5, 5.41) is 12.5. The molecule has 0 fully saturated rings. The van der Waals surface area contributed by atoms with Crippen LogP contribution in [0.1, 0.15) is 51.3 Å². The van der Waals surface area contributed by atoms with Crippen LogP contribution in [0.4, 0.5) is 4.79 Å². The van der Waals surface area contributed by atoms with Crippen molar-refractivity contribution < 1.29 is 29.0 Å². The second kappa shape index (κ2) is 14.0. The molecule has 4 amide bonds. The van der Waals surface area contributed by atoms with E-state index in [9.17, 15) is 24.3 Å². The second-order valence-corrected chi connectivity index (χ2v) is 11.6. The normalized spacial score (nSPS) is 13.6. The number of aromatic nitrogens is 1. The Bertz CT molecular complexity index is 1230. The number of ether oxygens (including phenoxy) is 1. The predicted octanol–water partition coefficient (Wildman–Crippen LogP) is 2.57. The van der Waals surface area contributed by atoms with Crippen molar-refractivity contribution in [1.29, 1.82) is 0 Å². The quantitative estimate of drug-likeness (QED) is 0.376. The molecule has 11 heteroatoms. The zero-order valence-corrected chi connectivity index (χ0v) is 25.2. The van der Waals surface area contributed by atoms with Crippen LogP contribution >= 0.6 is 0 Å². The van der Waals surface area contributed by atoms with Crippen molar-refractivity contribution in [2.45, 2.75) is 78.1 Å². The van der Waals surface area contributed by atoms with E-state index in [-0.39, 0.29) is 24.5 Å². The number of nitrogens with zero attached hydrogens (tertiary/aromatic N) is 3. The van der Waals surface area contributed by atoms with E-state index in [4.69, 9.17) is 10.5 Å². The van der Waals surface area contributed by atoms with Crippen LogP contribution in [-0.4, -0.2) is 81.5 Å². The number of hydrogen-bond acceptors (Lipinski definition) is 7. The van der Waals surface area contributed by atoms with Crippen molar-refractivity contribution >= 4 is 23.8 Å². The number of primary amides is 1. The molecule has 0 radical (unpaired) electrons. The first-order valence-electron chi connectivity index (χ1n) is 13.5. The van der Waals surface area contributed by atoms with Crippen LogP contribution in [0.5, 0.6) is 5.75 Å². The Morgan fingerprint density at radius 1 is 0.976 bits per heavy atom. The fraction of sp³-hybridized carbons (Fsp3) is 0.500. The molecule has 1 heterocycles. The first-order chi connectivity index (χ1) is 19.0. The lowest BCUT2D eigenvalue weighted by molar-refractivity contribution is -0.149. The van der Waals surface area contributed by atoms with Crippen molar-refractivity contribution in [2.24, 2.45) is 11.7 Å². The fourth-order valence-corrected chi connectivity index (χ4v) is 4.54. The molecule has 4 N–H and O–H groups in total. The summed E-state index contributed by atoms with van der Waals surface area (Å²) in [6.07, 6.45) is 2.68. The summed E-state index contributed by atoms with van der Waals surface area (Å²) in [7, 11) is 2.98. The molecule has 224 valence electrons. The van der Waals surface area contributed by atoms with E-state index in [2.05, 4.69) is 10.3 Å². The number of pyridine rings is 1. The number of hydrogen-bond donors (Lipinski definition) is 3. The Balaban J connectivity index is 2.34. The van der Waals surface area contributed by atoms with E-state index in [1.165, 1.54) is 30.0 Å². The highest BCUT2D eigenvalue weighted by atomic mass is 16.6. The minimum atomic E-state index is -1.04.